The second-order valence-electron chi connectivity index (χ2n) is 10.8. The van der Waals surface area contributed by atoms with Crippen molar-refractivity contribution in [2.24, 2.45) is 4.99 Å². The minimum Gasteiger partial charge on any atom is -0.496 e. The molecule has 0 saturated heterocycles. The Morgan fingerprint density at radius 2 is 1.73 bits per heavy atom. The van der Waals surface area contributed by atoms with Crippen molar-refractivity contribution in [3.05, 3.63) is 148 Å². The van der Waals surface area contributed by atoms with Crippen molar-refractivity contribution < 1.29 is 14.2 Å². The van der Waals surface area contributed by atoms with Crippen LogP contribution in [-0.4, -0.2) is 18.8 Å². The minimum atomic E-state index is -0.329. The highest BCUT2D eigenvalue weighted by Crippen LogP contribution is 2.43. The van der Waals surface area contributed by atoms with Gasteiger partial charge in [-0.25, -0.2) is 4.99 Å². The van der Waals surface area contributed by atoms with Crippen LogP contribution in [0.3, 0.4) is 0 Å². The Morgan fingerprint density at radius 3 is 2.56 bits per heavy atom. The fourth-order valence-electron chi connectivity index (χ4n) is 6.07. The van der Waals surface area contributed by atoms with Gasteiger partial charge in [0.15, 0.2) is 16.3 Å². The molecule has 1 aliphatic heterocycles. The summed E-state index contributed by atoms with van der Waals surface area (Å²) in [7, 11) is 3.26. The summed E-state index contributed by atoms with van der Waals surface area (Å²) in [5, 5.41) is 0.635. The van der Waals surface area contributed by atoms with Gasteiger partial charge in [0.05, 0.1) is 35.0 Å². The molecule has 0 unspecified atom stereocenters. The second-order valence-corrected chi connectivity index (χ2v) is 13.0. The van der Waals surface area contributed by atoms with E-state index in [-0.39, 0.29) is 18.2 Å². The van der Waals surface area contributed by atoms with E-state index in [9.17, 15) is 4.79 Å². The molecule has 0 N–H and O–H groups in total. The molecule has 1 aromatic heterocycles. The molecule has 7 rings (SSSR count). The highest BCUT2D eigenvalue weighted by Gasteiger charge is 2.34. The fraction of sp³-hybridized carbons (Fsp3) is 0.167. The van der Waals surface area contributed by atoms with E-state index in [1.165, 1.54) is 16.9 Å². The van der Waals surface area contributed by atoms with Gasteiger partial charge in [0.2, 0.25) is 0 Å². The van der Waals surface area contributed by atoms with Crippen LogP contribution in [0.2, 0.25) is 5.02 Å². The number of ether oxygens (including phenoxy) is 3. The molecule has 1 aliphatic carbocycles. The number of rotatable bonds is 7. The van der Waals surface area contributed by atoms with Crippen molar-refractivity contribution in [3.63, 3.8) is 0 Å². The SMILES string of the molecule is COc1ccccc1[C@H]1C2=C(N=c3s/c(=C/c4cc(Br)c(OCc5ccccc5Cl)c(OC)c4)c(=O)n31)c1ccccc1CC2. The van der Waals surface area contributed by atoms with E-state index < -0.39 is 0 Å². The molecule has 9 heteroatoms. The predicted molar refractivity (Wildman–Crippen MR) is 182 cm³/mol. The molecule has 226 valence electrons. The Hall–Kier alpha value is -4.11. The molecular weight excluding hydrogens is 672 g/mol. The maximum absolute atomic E-state index is 14.3. The first-order valence-electron chi connectivity index (χ1n) is 14.5. The average Bonchev–Trinajstić information content (AvgIpc) is 3.37. The van der Waals surface area contributed by atoms with E-state index in [0.717, 1.165) is 52.1 Å². The number of para-hydroxylation sites is 1. The summed E-state index contributed by atoms with van der Waals surface area (Å²) in [5.41, 5.74) is 6.97. The number of benzene rings is 4. The smallest absolute Gasteiger partial charge is 0.271 e. The van der Waals surface area contributed by atoms with Gasteiger partial charge in [-0.3, -0.25) is 9.36 Å². The molecule has 0 saturated carbocycles. The third-order valence-electron chi connectivity index (χ3n) is 8.19. The van der Waals surface area contributed by atoms with E-state index in [4.69, 9.17) is 30.8 Å². The van der Waals surface area contributed by atoms with Crippen LogP contribution in [0.1, 0.15) is 40.3 Å². The van der Waals surface area contributed by atoms with E-state index in [2.05, 4.69) is 34.1 Å². The lowest BCUT2D eigenvalue weighted by Crippen LogP contribution is -2.39. The van der Waals surface area contributed by atoms with Crippen LogP contribution in [0.25, 0.3) is 11.8 Å². The van der Waals surface area contributed by atoms with Gasteiger partial charge in [-0.15, -0.1) is 0 Å². The van der Waals surface area contributed by atoms with Crippen molar-refractivity contribution in [1.82, 2.24) is 4.57 Å². The standard InChI is InChI=1S/C36H28BrClN2O4S/c1-42-29-14-8-6-12-25(29)33-26-16-15-22-9-3-5-11-24(22)32(26)39-36-40(33)35(41)31(45-36)19-21-17-27(37)34(30(18-21)43-2)44-20-23-10-4-7-13-28(23)38/h3-14,17-19,33H,15-16,20H2,1-2H3/b31-19+/t33-/m0/s1. The number of thiazole rings is 1. The zero-order valence-electron chi connectivity index (χ0n) is 24.6. The number of hydrogen-bond donors (Lipinski definition) is 0. The summed E-state index contributed by atoms with van der Waals surface area (Å²) in [5.74, 6) is 1.83. The first kappa shape index (κ1) is 29.6. The van der Waals surface area contributed by atoms with Gasteiger partial charge in [-0.2, -0.15) is 0 Å². The van der Waals surface area contributed by atoms with Crippen LogP contribution in [-0.2, 0) is 13.0 Å². The molecule has 45 heavy (non-hydrogen) atoms. The predicted octanol–water partition coefficient (Wildman–Crippen LogP) is 7.33. The number of aryl methyl sites for hydroxylation is 1. The molecule has 0 bridgehead atoms. The number of aromatic nitrogens is 1. The van der Waals surface area contributed by atoms with Crippen LogP contribution in [0, 0.1) is 0 Å². The normalized spacial score (nSPS) is 15.6. The Bertz CT molecular complexity index is 2170. The first-order valence-corrected chi connectivity index (χ1v) is 16.5. The van der Waals surface area contributed by atoms with Gasteiger partial charge in [-0.05, 0) is 75.8 Å². The number of nitrogens with zero attached hydrogens (tertiary/aromatic N) is 2. The van der Waals surface area contributed by atoms with E-state index in [1.54, 1.807) is 14.2 Å². The third kappa shape index (κ3) is 5.41. The maximum atomic E-state index is 14.3. The van der Waals surface area contributed by atoms with Crippen LogP contribution in [0.5, 0.6) is 17.2 Å². The highest BCUT2D eigenvalue weighted by atomic mass is 79.9. The molecule has 1 atom stereocenters. The Balaban J connectivity index is 1.35. The molecule has 0 amide bonds. The number of hydrogen-bond acceptors (Lipinski definition) is 6. The lowest BCUT2D eigenvalue weighted by atomic mass is 9.83. The lowest BCUT2D eigenvalue weighted by Gasteiger charge is -2.31. The minimum absolute atomic E-state index is 0.103. The summed E-state index contributed by atoms with van der Waals surface area (Å²) in [6.45, 7) is 0.281. The van der Waals surface area contributed by atoms with Gasteiger partial charge in [0, 0.05) is 21.7 Å². The van der Waals surface area contributed by atoms with Crippen LogP contribution in [0.4, 0.5) is 0 Å². The summed E-state index contributed by atoms with van der Waals surface area (Å²) in [4.78, 5) is 20.0. The van der Waals surface area contributed by atoms with Crippen molar-refractivity contribution in [2.45, 2.75) is 25.5 Å². The molecule has 6 nitrogen and oxygen atoms in total. The zero-order chi connectivity index (χ0) is 31.1. The van der Waals surface area contributed by atoms with Crippen molar-refractivity contribution >= 4 is 50.6 Å². The molecular formula is C36H28BrClN2O4S. The Kier molecular flexibility index (Phi) is 8.12. The summed E-state index contributed by atoms with van der Waals surface area (Å²) in [6, 6.07) is 27.3. The van der Waals surface area contributed by atoms with Gasteiger partial charge in [0.25, 0.3) is 5.56 Å². The fourth-order valence-corrected chi connectivity index (χ4v) is 7.84. The topological polar surface area (TPSA) is 62.0 Å². The number of fused-ring (bicyclic) bond motifs is 3. The summed E-state index contributed by atoms with van der Waals surface area (Å²) >= 11 is 11.4. The summed E-state index contributed by atoms with van der Waals surface area (Å²) < 4.78 is 20.7. The van der Waals surface area contributed by atoms with Crippen LogP contribution in [0.15, 0.2) is 105 Å². The molecule has 2 heterocycles. The zero-order valence-corrected chi connectivity index (χ0v) is 27.7. The quantitative estimate of drug-likeness (QED) is 0.179. The highest BCUT2D eigenvalue weighted by molar-refractivity contribution is 9.10. The molecule has 5 aromatic rings. The largest absolute Gasteiger partial charge is 0.496 e. The van der Waals surface area contributed by atoms with Crippen molar-refractivity contribution in [3.8, 4) is 17.2 Å². The average molecular weight is 700 g/mol. The molecule has 0 spiro atoms. The van der Waals surface area contributed by atoms with E-state index in [0.29, 0.717) is 30.3 Å². The Labute approximate surface area is 277 Å². The van der Waals surface area contributed by atoms with E-state index in [1.807, 2.05) is 77.4 Å². The van der Waals surface area contributed by atoms with Gasteiger partial charge < -0.3 is 14.2 Å². The van der Waals surface area contributed by atoms with Crippen LogP contribution >= 0.6 is 38.9 Å². The number of methoxy groups -OCH3 is 2. The summed E-state index contributed by atoms with van der Waals surface area (Å²) in [6.07, 6.45) is 3.58. The monoisotopic (exact) mass is 698 g/mol. The van der Waals surface area contributed by atoms with E-state index >= 15 is 0 Å². The molecule has 2 aliphatic rings. The molecule has 0 radical (unpaired) electrons. The van der Waals surface area contributed by atoms with Crippen molar-refractivity contribution in [2.75, 3.05) is 14.2 Å². The van der Waals surface area contributed by atoms with Gasteiger partial charge in [0.1, 0.15) is 12.4 Å². The molecule has 4 aromatic carbocycles. The van der Waals surface area contributed by atoms with Crippen LogP contribution < -0.4 is 29.1 Å². The maximum Gasteiger partial charge on any atom is 0.271 e. The van der Waals surface area contributed by atoms with Gasteiger partial charge in [-0.1, -0.05) is 83.6 Å². The van der Waals surface area contributed by atoms with Gasteiger partial charge >= 0.3 is 0 Å². The first-order chi connectivity index (χ1) is 22.0. The Morgan fingerprint density at radius 1 is 0.978 bits per heavy atom. The van der Waals surface area contributed by atoms with Crippen molar-refractivity contribution in [1.29, 1.82) is 0 Å². The molecule has 0 fully saturated rings. The number of halogens is 2. The third-order valence-corrected chi connectivity index (χ3v) is 10.1. The lowest BCUT2D eigenvalue weighted by molar-refractivity contribution is 0.282. The second kappa shape index (κ2) is 12.4. The number of allylic oxidation sites excluding steroid dienone is 1.